The minimum absolute atomic E-state index is 0.188. The van der Waals surface area contributed by atoms with Gasteiger partial charge in [0.2, 0.25) is 5.91 Å². The summed E-state index contributed by atoms with van der Waals surface area (Å²) in [6, 6.07) is 6.34. The zero-order valence-corrected chi connectivity index (χ0v) is 14.7. The Morgan fingerprint density at radius 2 is 2.24 bits per heavy atom. The molecular formula is C17H25BrN2O. The first-order chi connectivity index (χ1) is 10.0. The second-order valence-corrected chi connectivity index (χ2v) is 6.77. The number of rotatable bonds is 4. The van der Waals surface area contributed by atoms with Crippen molar-refractivity contribution in [1.82, 2.24) is 4.90 Å². The number of hydrogen-bond donors (Lipinski definition) is 1. The van der Waals surface area contributed by atoms with Crippen LogP contribution in [0.5, 0.6) is 0 Å². The third-order valence-electron chi connectivity index (χ3n) is 4.31. The number of piperidine rings is 1. The molecule has 1 aliphatic rings. The largest absolute Gasteiger partial charge is 0.374 e. The molecule has 1 aliphatic heterocycles. The average Bonchev–Trinajstić information content (AvgIpc) is 2.50. The second kappa shape index (κ2) is 7.30. The molecule has 0 radical (unpaired) electrons. The highest BCUT2D eigenvalue weighted by Gasteiger charge is 2.28. The van der Waals surface area contributed by atoms with Gasteiger partial charge in [-0.15, -0.1) is 0 Å². The Labute approximate surface area is 136 Å². The molecule has 1 heterocycles. The number of anilines is 1. The van der Waals surface area contributed by atoms with Gasteiger partial charge in [-0.3, -0.25) is 4.79 Å². The third-order valence-corrected chi connectivity index (χ3v) is 5.16. The maximum atomic E-state index is 12.7. The minimum Gasteiger partial charge on any atom is -0.374 e. The Balaban J connectivity index is 2.02. The molecule has 2 rings (SSSR count). The average molecular weight is 353 g/mol. The van der Waals surface area contributed by atoms with Crippen LogP contribution in [0.2, 0.25) is 0 Å². The predicted octanol–water partition coefficient (Wildman–Crippen LogP) is 4.35. The van der Waals surface area contributed by atoms with Crippen LogP contribution in [0.3, 0.4) is 0 Å². The zero-order chi connectivity index (χ0) is 15.4. The number of carbonyl (C=O) groups excluding carboxylic acids is 1. The van der Waals surface area contributed by atoms with Crippen molar-refractivity contribution >= 4 is 27.5 Å². The van der Waals surface area contributed by atoms with Gasteiger partial charge in [0.25, 0.3) is 0 Å². The Bertz CT molecular complexity index is 504. The maximum Gasteiger partial charge on any atom is 0.245 e. The van der Waals surface area contributed by atoms with Crippen LogP contribution >= 0.6 is 15.9 Å². The van der Waals surface area contributed by atoms with Gasteiger partial charge in [-0.25, -0.2) is 0 Å². The molecule has 2 atom stereocenters. The van der Waals surface area contributed by atoms with E-state index in [0.29, 0.717) is 6.04 Å². The molecule has 1 amide bonds. The van der Waals surface area contributed by atoms with Crippen LogP contribution in [-0.4, -0.2) is 29.4 Å². The number of carbonyl (C=O) groups is 1. The van der Waals surface area contributed by atoms with Gasteiger partial charge in [-0.2, -0.15) is 0 Å². The Morgan fingerprint density at radius 1 is 1.48 bits per heavy atom. The lowest BCUT2D eigenvalue weighted by Gasteiger charge is -2.37. The maximum absolute atomic E-state index is 12.7. The number of aryl methyl sites for hydroxylation is 1. The number of amides is 1. The SMILES string of the molecule is CCC1CCCCN1C(=O)C(C)Nc1ccc(C)c(Br)c1. The molecule has 0 spiro atoms. The molecule has 4 heteroatoms. The summed E-state index contributed by atoms with van der Waals surface area (Å²) < 4.78 is 1.07. The highest BCUT2D eigenvalue weighted by atomic mass is 79.9. The fourth-order valence-corrected chi connectivity index (χ4v) is 3.34. The summed E-state index contributed by atoms with van der Waals surface area (Å²) in [6.45, 7) is 7.09. The van der Waals surface area contributed by atoms with E-state index in [1.807, 2.05) is 19.1 Å². The van der Waals surface area contributed by atoms with Crippen LogP contribution in [0.15, 0.2) is 22.7 Å². The summed E-state index contributed by atoms with van der Waals surface area (Å²) in [5.74, 6) is 0.221. The molecule has 21 heavy (non-hydrogen) atoms. The van der Waals surface area contributed by atoms with E-state index in [4.69, 9.17) is 0 Å². The lowest BCUT2D eigenvalue weighted by molar-refractivity contribution is -0.135. The molecule has 1 aromatic rings. The quantitative estimate of drug-likeness (QED) is 0.873. The van der Waals surface area contributed by atoms with Crippen LogP contribution in [0.25, 0.3) is 0 Å². The molecule has 1 saturated heterocycles. The lowest BCUT2D eigenvalue weighted by atomic mass is 9.99. The monoisotopic (exact) mass is 352 g/mol. The van der Waals surface area contributed by atoms with Crippen molar-refractivity contribution in [1.29, 1.82) is 0 Å². The normalized spacial score (nSPS) is 20.2. The van der Waals surface area contributed by atoms with Crippen molar-refractivity contribution < 1.29 is 4.79 Å². The van der Waals surface area contributed by atoms with E-state index in [1.165, 1.54) is 12.0 Å². The molecule has 1 aromatic carbocycles. The smallest absolute Gasteiger partial charge is 0.245 e. The number of nitrogens with zero attached hydrogens (tertiary/aromatic N) is 1. The summed E-state index contributed by atoms with van der Waals surface area (Å²) in [5.41, 5.74) is 2.18. The van der Waals surface area contributed by atoms with E-state index in [0.717, 1.165) is 36.0 Å². The number of halogens is 1. The predicted molar refractivity (Wildman–Crippen MR) is 91.6 cm³/mol. The standard InChI is InChI=1S/C17H25BrN2O/c1-4-15-7-5-6-10-20(15)17(21)13(3)19-14-9-8-12(2)16(18)11-14/h8-9,11,13,15,19H,4-7,10H2,1-3H3. The molecule has 0 aliphatic carbocycles. The van der Waals surface area contributed by atoms with Gasteiger partial charge in [0.1, 0.15) is 6.04 Å². The summed E-state index contributed by atoms with van der Waals surface area (Å²) in [7, 11) is 0. The lowest BCUT2D eigenvalue weighted by Crippen LogP contribution is -2.49. The van der Waals surface area contributed by atoms with E-state index in [1.54, 1.807) is 0 Å². The van der Waals surface area contributed by atoms with Crippen molar-refractivity contribution in [3.05, 3.63) is 28.2 Å². The highest BCUT2D eigenvalue weighted by molar-refractivity contribution is 9.10. The van der Waals surface area contributed by atoms with Crippen LogP contribution in [0, 0.1) is 6.92 Å². The molecule has 0 saturated carbocycles. The number of nitrogens with one attached hydrogen (secondary N) is 1. The van der Waals surface area contributed by atoms with E-state index in [2.05, 4.69) is 46.1 Å². The van der Waals surface area contributed by atoms with Crippen molar-refractivity contribution in [2.45, 2.75) is 58.5 Å². The van der Waals surface area contributed by atoms with Gasteiger partial charge in [0.15, 0.2) is 0 Å². The Hall–Kier alpha value is -1.03. The summed E-state index contributed by atoms with van der Waals surface area (Å²) in [5, 5.41) is 3.33. The van der Waals surface area contributed by atoms with Gasteiger partial charge in [-0.05, 0) is 57.2 Å². The fourth-order valence-electron chi connectivity index (χ4n) is 2.96. The van der Waals surface area contributed by atoms with Gasteiger partial charge < -0.3 is 10.2 Å². The summed E-state index contributed by atoms with van der Waals surface area (Å²) in [6.07, 6.45) is 4.57. The molecule has 3 nitrogen and oxygen atoms in total. The van der Waals surface area contributed by atoms with Gasteiger partial charge in [-0.1, -0.05) is 28.9 Å². The zero-order valence-electron chi connectivity index (χ0n) is 13.2. The van der Waals surface area contributed by atoms with E-state index in [-0.39, 0.29) is 11.9 Å². The molecular weight excluding hydrogens is 328 g/mol. The van der Waals surface area contributed by atoms with Crippen LogP contribution in [0.1, 0.15) is 45.1 Å². The van der Waals surface area contributed by atoms with Crippen molar-refractivity contribution in [2.24, 2.45) is 0 Å². The van der Waals surface area contributed by atoms with Crippen LogP contribution < -0.4 is 5.32 Å². The molecule has 116 valence electrons. The fraction of sp³-hybridized carbons (Fsp3) is 0.588. The molecule has 0 bridgehead atoms. The van der Waals surface area contributed by atoms with Gasteiger partial charge in [0, 0.05) is 22.7 Å². The van der Waals surface area contributed by atoms with E-state index >= 15 is 0 Å². The highest BCUT2D eigenvalue weighted by Crippen LogP contribution is 2.23. The first kappa shape index (κ1) is 16.3. The van der Waals surface area contributed by atoms with Crippen molar-refractivity contribution in [3.8, 4) is 0 Å². The molecule has 0 aromatic heterocycles. The van der Waals surface area contributed by atoms with E-state index in [9.17, 15) is 4.79 Å². The number of likely N-dealkylation sites (tertiary alicyclic amines) is 1. The molecule has 2 unspecified atom stereocenters. The van der Waals surface area contributed by atoms with Gasteiger partial charge in [0.05, 0.1) is 0 Å². The van der Waals surface area contributed by atoms with Crippen molar-refractivity contribution in [2.75, 3.05) is 11.9 Å². The second-order valence-electron chi connectivity index (χ2n) is 5.92. The number of benzene rings is 1. The molecule has 1 N–H and O–H groups in total. The van der Waals surface area contributed by atoms with Gasteiger partial charge >= 0.3 is 0 Å². The summed E-state index contributed by atoms with van der Waals surface area (Å²) >= 11 is 3.54. The Kier molecular flexibility index (Phi) is 5.68. The number of hydrogen-bond acceptors (Lipinski definition) is 2. The first-order valence-electron chi connectivity index (χ1n) is 7.86. The van der Waals surface area contributed by atoms with Crippen LogP contribution in [-0.2, 0) is 4.79 Å². The molecule has 1 fully saturated rings. The summed E-state index contributed by atoms with van der Waals surface area (Å²) in [4.78, 5) is 14.7. The van der Waals surface area contributed by atoms with E-state index < -0.39 is 0 Å². The third kappa shape index (κ3) is 4.00. The van der Waals surface area contributed by atoms with Crippen molar-refractivity contribution in [3.63, 3.8) is 0 Å². The van der Waals surface area contributed by atoms with Crippen LogP contribution in [0.4, 0.5) is 5.69 Å². The first-order valence-corrected chi connectivity index (χ1v) is 8.65. The minimum atomic E-state index is -0.188. The Morgan fingerprint density at radius 3 is 2.90 bits per heavy atom. The topological polar surface area (TPSA) is 32.3 Å².